The summed E-state index contributed by atoms with van der Waals surface area (Å²) in [5.74, 6) is -0.597. The maximum absolute atomic E-state index is 13.1. The molecule has 25 heavy (non-hydrogen) atoms. The molecule has 1 aliphatic rings. The molecule has 1 amide bonds. The van der Waals surface area contributed by atoms with Gasteiger partial charge in [0.2, 0.25) is 0 Å². The van der Waals surface area contributed by atoms with Crippen molar-refractivity contribution in [2.24, 2.45) is 7.05 Å². The number of halogens is 1. The van der Waals surface area contributed by atoms with Crippen molar-refractivity contribution in [3.63, 3.8) is 0 Å². The Hall–Kier alpha value is -2.47. The van der Waals surface area contributed by atoms with Gasteiger partial charge >= 0.3 is 0 Å². The minimum atomic E-state index is -0.326. The number of rotatable bonds is 2. The summed E-state index contributed by atoms with van der Waals surface area (Å²) in [5.41, 5.74) is 2.22. The Bertz CT molecular complexity index is 858. The molecule has 1 atom stereocenters. The Morgan fingerprint density at radius 1 is 1.24 bits per heavy atom. The first-order valence-electron chi connectivity index (χ1n) is 8.22. The third kappa shape index (κ3) is 3.35. The zero-order valence-electron chi connectivity index (χ0n) is 14.6. The normalized spacial score (nSPS) is 17.6. The van der Waals surface area contributed by atoms with E-state index in [1.54, 1.807) is 31.0 Å². The highest BCUT2D eigenvalue weighted by Gasteiger charge is 2.28. The predicted octanol–water partition coefficient (Wildman–Crippen LogP) is 2.35. The van der Waals surface area contributed by atoms with Crippen molar-refractivity contribution in [1.29, 1.82) is 0 Å². The average molecular weight is 344 g/mol. The Morgan fingerprint density at radius 2 is 1.92 bits per heavy atom. The first-order chi connectivity index (χ1) is 11.9. The van der Waals surface area contributed by atoms with E-state index in [1.807, 2.05) is 13.0 Å². The van der Waals surface area contributed by atoms with E-state index in [0.29, 0.717) is 25.3 Å². The molecule has 0 N–H and O–H groups in total. The van der Waals surface area contributed by atoms with E-state index in [-0.39, 0.29) is 29.0 Å². The highest BCUT2D eigenvalue weighted by molar-refractivity contribution is 5.95. The molecular weight excluding hydrogens is 323 g/mol. The molecule has 2 aromatic rings. The van der Waals surface area contributed by atoms with Crippen LogP contribution in [0.5, 0.6) is 0 Å². The van der Waals surface area contributed by atoms with Gasteiger partial charge in [-0.2, -0.15) is 0 Å². The smallest absolute Gasteiger partial charge is 0.263 e. The van der Waals surface area contributed by atoms with Gasteiger partial charge in [0.25, 0.3) is 11.5 Å². The number of amides is 1. The van der Waals surface area contributed by atoms with Crippen molar-refractivity contribution >= 4 is 5.91 Å². The van der Waals surface area contributed by atoms with Crippen LogP contribution in [0.15, 0.2) is 35.1 Å². The maximum atomic E-state index is 13.1. The average Bonchev–Trinajstić information content (AvgIpc) is 2.60. The second-order valence-electron chi connectivity index (χ2n) is 6.37. The zero-order valence-corrected chi connectivity index (χ0v) is 14.6. The van der Waals surface area contributed by atoms with Crippen LogP contribution < -0.4 is 5.56 Å². The third-order valence-corrected chi connectivity index (χ3v) is 4.68. The van der Waals surface area contributed by atoms with E-state index < -0.39 is 0 Å². The number of carbonyl (C=O) groups is 1. The van der Waals surface area contributed by atoms with Gasteiger partial charge < -0.3 is 14.2 Å². The van der Waals surface area contributed by atoms with Crippen LogP contribution in [0.2, 0.25) is 0 Å². The Morgan fingerprint density at radius 3 is 2.60 bits per heavy atom. The van der Waals surface area contributed by atoms with Gasteiger partial charge in [-0.1, -0.05) is 12.1 Å². The van der Waals surface area contributed by atoms with Gasteiger partial charge in [-0.25, -0.2) is 4.39 Å². The number of aryl methyl sites for hydroxylation is 2. The molecular formula is C19H21FN2O3. The lowest BCUT2D eigenvalue weighted by atomic mass is 10.1. The molecule has 1 aromatic heterocycles. The molecule has 0 radical (unpaired) electrons. The molecule has 0 aliphatic carbocycles. The van der Waals surface area contributed by atoms with Gasteiger partial charge in [-0.3, -0.25) is 9.59 Å². The number of hydrogen-bond donors (Lipinski definition) is 0. The largest absolute Gasteiger partial charge is 0.370 e. The Labute approximate surface area is 145 Å². The fraction of sp³-hybridized carbons (Fsp3) is 0.368. The Balaban J connectivity index is 1.87. The van der Waals surface area contributed by atoms with Crippen LogP contribution in [0.4, 0.5) is 4.39 Å². The van der Waals surface area contributed by atoms with E-state index >= 15 is 0 Å². The van der Waals surface area contributed by atoms with E-state index in [9.17, 15) is 14.0 Å². The molecule has 5 nitrogen and oxygen atoms in total. The van der Waals surface area contributed by atoms with Gasteiger partial charge in [-0.15, -0.1) is 0 Å². The number of ether oxygens (including phenoxy) is 1. The molecule has 0 saturated carbocycles. The summed E-state index contributed by atoms with van der Waals surface area (Å²) in [7, 11) is 1.66. The van der Waals surface area contributed by atoms with E-state index in [2.05, 4.69) is 0 Å². The molecule has 132 valence electrons. The summed E-state index contributed by atoms with van der Waals surface area (Å²) < 4.78 is 20.3. The summed E-state index contributed by atoms with van der Waals surface area (Å²) in [6.07, 6.45) is -0.326. The number of morpholine rings is 1. The van der Waals surface area contributed by atoms with Crippen molar-refractivity contribution in [3.05, 3.63) is 68.9 Å². The lowest BCUT2D eigenvalue weighted by Gasteiger charge is -2.33. The SMILES string of the molecule is Cc1cc(C)n(C)c(=O)c1C(=O)N1CCO[C@@H](c2ccc(F)cc2)C1. The second-order valence-corrected chi connectivity index (χ2v) is 6.37. The van der Waals surface area contributed by atoms with Crippen LogP contribution in [0.3, 0.4) is 0 Å². The number of aromatic nitrogens is 1. The van der Waals surface area contributed by atoms with Crippen molar-refractivity contribution in [1.82, 2.24) is 9.47 Å². The molecule has 3 rings (SSSR count). The number of pyridine rings is 1. The number of benzene rings is 1. The highest BCUT2D eigenvalue weighted by atomic mass is 19.1. The number of nitrogens with zero attached hydrogens (tertiary/aromatic N) is 2. The summed E-state index contributed by atoms with van der Waals surface area (Å²) >= 11 is 0. The van der Waals surface area contributed by atoms with Crippen LogP contribution in [-0.4, -0.2) is 35.1 Å². The number of hydrogen-bond acceptors (Lipinski definition) is 3. The first kappa shape index (κ1) is 17.4. The monoisotopic (exact) mass is 344 g/mol. The molecule has 1 fully saturated rings. The third-order valence-electron chi connectivity index (χ3n) is 4.68. The molecule has 0 bridgehead atoms. The van der Waals surface area contributed by atoms with Gasteiger partial charge in [-0.05, 0) is 43.2 Å². The van der Waals surface area contributed by atoms with E-state index in [0.717, 1.165) is 11.3 Å². The highest BCUT2D eigenvalue weighted by Crippen LogP contribution is 2.23. The van der Waals surface area contributed by atoms with E-state index in [1.165, 1.54) is 16.7 Å². The fourth-order valence-electron chi connectivity index (χ4n) is 3.11. The van der Waals surface area contributed by atoms with Gasteiger partial charge in [0.15, 0.2) is 0 Å². The summed E-state index contributed by atoms with van der Waals surface area (Å²) in [4.78, 5) is 27.1. The molecule has 1 aliphatic heterocycles. The second kappa shape index (κ2) is 6.80. The maximum Gasteiger partial charge on any atom is 0.263 e. The first-order valence-corrected chi connectivity index (χ1v) is 8.22. The topological polar surface area (TPSA) is 51.5 Å². The lowest BCUT2D eigenvalue weighted by molar-refractivity contribution is -0.0229. The van der Waals surface area contributed by atoms with E-state index in [4.69, 9.17) is 4.74 Å². The summed E-state index contributed by atoms with van der Waals surface area (Å²) in [6, 6.07) is 7.90. The molecule has 6 heteroatoms. The van der Waals surface area contributed by atoms with Crippen molar-refractivity contribution in [2.75, 3.05) is 19.7 Å². The van der Waals surface area contributed by atoms with Crippen LogP contribution in [0.1, 0.15) is 33.3 Å². The van der Waals surface area contributed by atoms with Gasteiger partial charge in [0.1, 0.15) is 17.5 Å². The quantitative estimate of drug-likeness (QED) is 0.840. The van der Waals surface area contributed by atoms with Crippen molar-refractivity contribution < 1.29 is 13.9 Å². The minimum Gasteiger partial charge on any atom is -0.370 e. The predicted molar refractivity (Wildman–Crippen MR) is 92.2 cm³/mol. The molecule has 0 unspecified atom stereocenters. The molecule has 2 heterocycles. The van der Waals surface area contributed by atoms with Crippen LogP contribution in [0.25, 0.3) is 0 Å². The summed E-state index contributed by atoms with van der Waals surface area (Å²) in [6.45, 7) is 4.74. The van der Waals surface area contributed by atoms with Gasteiger partial charge in [0.05, 0.1) is 13.2 Å². The van der Waals surface area contributed by atoms with Crippen LogP contribution in [-0.2, 0) is 11.8 Å². The van der Waals surface area contributed by atoms with Crippen molar-refractivity contribution in [2.45, 2.75) is 20.0 Å². The Kier molecular flexibility index (Phi) is 4.72. The molecule has 1 aromatic carbocycles. The fourth-order valence-corrected chi connectivity index (χ4v) is 3.11. The van der Waals surface area contributed by atoms with Crippen LogP contribution in [0, 0.1) is 19.7 Å². The van der Waals surface area contributed by atoms with Gasteiger partial charge in [0, 0.05) is 19.3 Å². The number of carbonyl (C=O) groups excluding carboxylic acids is 1. The summed E-state index contributed by atoms with van der Waals surface area (Å²) in [5, 5.41) is 0. The molecule has 1 saturated heterocycles. The lowest BCUT2D eigenvalue weighted by Crippen LogP contribution is -2.44. The van der Waals surface area contributed by atoms with Crippen molar-refractivity contribution in [3.8, 4) is 0 Å². The molecule has 0 spiro atoms. The van der Waals surface area contributed by atoms with Crippen LogP contribution >= 0.6 is 0 Å². The zero-order chi connectivity index (χ0) is 18.1. The minimum absolute atomic E-state index is 0.202. The standard InChI is InChI=1S/C19H21FN2O3/c1-12-10-13(2)21(3)18(23)17(12)19(24)22-8-9-25-16(11-22)14-4-6-15(20)7-5-14/h4-7,10,16H,8-9,11H2,1-3H3/t16-/m1/s1.